The Morgan fingerprint density at radius 3 is 2.47 bits per heavy atom. The molecule has 4 heterocycles. The molecule has 2 aromatic heterocycles. The second kappa shape index (κ2) is 7.66. The summed E-state index contributed by atoms with van der Waals surface area (Å²) in [7, 11) is 0. The molecule has 5 nitrogen and oxygen atoms in total. The monoisotopic (exact) mass is 458 g/mol. The topological polar surface area (TPSA) is 53.7 Å². The molecule has 2 aliphatic rings. The van der Waals surface area contributed by atoms with Gasteiger partial charge in [-0.1, -0.05) is 44.2 Å². The Morgan fingerprint density at radius 1 is 1.15 bits per heavy atom. The number of rotatable bonds is 4. The number of nitriles is 1. The summed E-state index contributed by atoms with van der Waals surface area (Å²) in [5.74, 6) is 0. The van der Waals surface area contributed by atoms with Crippen molar-refractivity contribution in [1.29, 1.82) is 5.26 Å². The number of pyridine rings is 1. The number of nitrogens with zero attached hydrogens (tertiary/aromatic N) is 4. The fourth-order valence-corrected chi connectivity index (χ4v) is 5.66. The molecule has 0 saturated carbocycles. The van der Waals surface area contributed by atoms with E-state index in [-0.39, 0.29) is 17.6 Å². The van der Waals surface area contributed by atoms with Crippen LogP contribution in [-0.2, 0) is 13.0 Å². The van der Waals surface area contributed by atoms with Gasteiger partial charge in [0.05, 0.1) is 17.5 Å². The smallest absolute Gasteiger partial charge is 0.419 e. The normalized spacial score (nSPS) is 15.5. The van der Waals surface area contributed by atoms with Crippen LogP contribution in [0.2, 0.25) is 0 Å². The highest BCUT2D eigenvalue weighted by Crippen LogP contribution is 2.41. The molecule has 3 aromatic rings. The minimum absolute atomic E-state index is 0.0405. The first-order chi connectivity index (χ1) is 16.3. The van der Waals surface area contributed by atoms with E-state index in [1.165, 1.54) is 15.1 Å². The van der Waals surface area contributed by atoms with Gasteiger partial charge in [0.1, 0.15) is 11.6 Å². The lowest BCUT2D eigenvalue weighted by Crippen LogP contribution is -2.61. The van der Waals surface area contributed by atoms with E-state index in [0.717, 1.165) is 21.2 Å². The highest BCUT2D eigenvalue weighted by Gasteiger charge is 2.50. The maximum Gasteiger partial charge on any atom is 0.639 e. The van der Waals surface area contributed by atoms with E-state index in [1.54, 1.807) is 13.0 Å². The van der Waals surface area contributed by atoms with Crippen molar-refractivity contribution in [2.75, 3.05) is 0 Å². The van der Waals surface area contributed by atoms with Crippen molar-refractivity contribution in [2.45, 2.75) is 47.1 Å². The first-order valence-corrected chi connectivity index (χ1v) is 11.6. The molecule has 172 valence electrons. The van der Waals surface area contributed by atoms with Gasteiger partial charge < -0.3 is 17.6 Å². The van der Waals surface area contributed by atoms with Crippen molar-refractivity contribution >= 4 is 18.6 Å². The summed E-state index contributed by atoms with van der Waals surface area (Å²) in [6.07, 6.45) is 2.93. The summed E-state index contributed by atoms with van der Waals surface area (Å²) < 4.78 is 36.7. The van der Waals surface area contributed by atoms with E-state index in [1.807, 2.05) is 57.2 Å². The Labute approximate surface area is 196 Å². The van der Waals surface area contributed by atoms with Gasteiger partial charge in [-0.3, -0.25) is 0 Å². The third-order valence-corrected chi connectivity index (χ3v) is 7.01. The van der Waals surface area contributed by atoms with Crippen LogP contribution in [0.5, 0.6) is 0 Å². The van der Waals surface area contributed by atoms with E-state index in [2.05, 4.69) is 0 Å². The summed E-state index contributed by atoms with van der Waals surface area (Å²) in [5.41, 5.74) is 4.30. The number of aromatic nitrogens is 2. The van der Waals surface area contributed by atoms with Crippen molar-refractivity contribution in [3.63, 3.8) is 0 Å². The Kier molecular flexibility index (Phi) is 4.98. The maximum absolute atomic E-state index is 16.6. The molecule has 0 fully saturated rings. The van der Waals surface area contributed by atoms with Gasteiger partial charge in [-0.05, 0) is 61.2 Å². The number of fused-ring (bicyclic) bond motifs is 3. The van der Waals surface area contributed by atoms with Crippen molar-refractivity contribution in [3.8, 4) is 6.07 Å². The lowest BCUT2D eigenvalue weighted by atomic mass is 9.85. The second-order valence-corrected chi connectivity index (χ2v) is 8.90. The van der Waals surface area contributed by atoms with Gasteiger partial charge >= 0.3 is 12.5 Å². The third-order valence-electron chi connectivity index (χ3n) is 7.01. The second-order valence-electron chi connectivity index (χ2n) is 8.90. The standard InChI is InChI=1S/C26H25BF2N4O/c1-5-12-31-25-19(13-20(15-30)26(31)34)14-22-23(18-10-8-7-9-11-18)24-16(3)21(6-2)17(4)32(24)27(28,29)33(22)25/h7-11,13-14H,5-6,12H2,1-4H3. The van der Waals surface area contributed by atoms with Crippen molar-refractivity contribution < 1.29 is 8.63 Å². The summed E-state index contributed by atoms with van der Waals surface area (Å²) in [4.78, 5) is 13.0. The molecule has 0 spiro atoms. The van der Waals surface area contributed by atoms with Gasteiger partial charge in [-0.15, -0.1) is 0 Å². The van der Waals surface area contributed by atoms with Crippen LogP contribution in [0.25, 0.3) is 11.6 Å². The van der Waals surface area contributed by atoms with Crippen LogP contribution in [0.15, 0.2) is 46.9 Å². The largest absolute Gasteiger partial charge is 0.639 e. The summed E-state index contributed by atoms with van der Waals surface area (Å²) in [5, 5.41) is 9.99. The minimum Gasteiger partial charge on any atom is -0.419 e. The molecule has 0 N–H and O–H groups in total. The van der Waals surface area contributed by atoms with Crippen molar-refractivity contribution in [3.05, 3.63) is 96.8 Å². The Bertz CT molecular complexity index is 1620. The quantitative estimate of drug-likeness (QED) is 0.565. The molecular weight excluding hydrogens is 433 g/mol. The molecule has 2 aliphatic heterocycles. The average Bonchev–Trinajstić information content (AvgIpc) is 3.32. The molecule has 0 amide bonds. The number of halogens is 2. The summed E-state index contributed by atoms with van der Waals surface area (Å²) in [6.45, 7) is 3.47. The Balaban J connectivity index is 2.06. The lowest BCUT2D eigenvalue weighted by molar-refractivity contribution is 0.493. The van der Waals surface area contributed by atoms with E-state index in [0.29, 0.717) is 40.7 Å². The van der Waals surface area contributed by atoms with E-state index in [9.17, 15) is 10.1 Å². The highest BCUT2D eigenvalue weighted by molar-refractivity contribution is 6.64. The molecule has 0 saturated heterocycles. The van der Waals surface area contributed by atoms with Crippen LogP contribution in [0.3, 0.4) is 0 Å². The van der Waals surface area contributed by atoms with Crippen LogP contribution < -0.4 is 20.8 Å². The maximum atomic E-state index is 16.6. The van der Waals surface area contributed by atoms with Gasteiger partial charge in [0.15, 0.2) is 0 Å². The van der Waals surface area contributed by atoms with Crippen molar-refractivity contribution in [1.82, 2.24) is 13.5 Å². The molecule has 0 unspecified atom stereocenters. The predicted octanol–water partition coefficient (Wildman–Crippen LogP) is 3.09. The van der Waals surface area contributed by atoms with Gasteiger partial charge in [0.25, 0.3) is 5.49 Å². The summed E-state index contributed by atoms with van der Waals surface area (Å²) >= 11 is 0. The zero-order valence-corrected chi connectivity index (χ0v) is 19.7. The fourth-order valence-electron chi connectivity index (χ4n) is 5.66. The van der Waals surface area contributed by atoms with Crippen molar-refractivity contribution in [2.24, 2.45) is 0 Å². The molecule has 0 bridgehead atoms. The van der Waals surface area contributed by atoms with Crippen LogP contribution in [0.1, 0.15) is 53.9 Å². The number of hydrogen-bond donors (Lipinski definition) is 0. The van der Waals surface area contributed by atoms with E-state index in [4.69, 9.17) is 0 Å². The molecule has 1 aromatic carbocycles. The van der Waals surface area contributed by atoms with Crippen LogP contribution in [0.4, 0.5) is 8.63 Å². The minimum atomic E-state index is -4.29. The third kappa shape index (κ3) is 2.76. The zero-order chi connectivity index (χ0) is 24.4. The lowest BCUT2D eigenvalue weighted by Gasteiger charge is -2.36. The molecule has 8 heteroatoms. The first kappa shape index (κ1) is 22.1. The number of benzene rings is 1. The molecule has 34 heavy (non-hydrogen) atoms. The van der Waals surface area contributed by atoms with Gasteiger partial charge in [-0.25, -0.2) is 4.79 Å². The van der Waals surface area contributed by atoms with E-state index < -0.39 is 12.5 Å². The molecule has 0 aliphatic carbocycles. The van der Waals surface area contributed by atoms with Crippen LogP contribution >= 0.6 is 0 Å². The van der Waals surface area contributed by atoms with Gasteiger partial charge in [0, 0.05) is 11.3 Å². The molecule has 5 rings (SSSR count). The summed E-state index contributed by atoms with van der Waals surface area (Å²) in [6, 6.07) is 12.9. The fraction of sp³-hybridized carbons (Fsp3) is 0.269. The molecular formula is C26H25BF2N4O. The average molecular weight is 458 g/mol. The Hall–Kier alpha value is -3.73. The van der Waals surface area contributed by atoms with E-state index >= 15 is 8.63 Å². The molecule has 0 atom stereocenters. The predicted molar refractivity (Wildman–Crippen MR) is 130 cm³/mol. The van der Waals surface area contributed by atoms with Gasteiger partial charge in [-0.2, -0.15) is 9.83 Å². The molecule has 0 radical (unpaired) electrons. The number of hydrogen-bond acceptors (Lipinski definition) is 2. The first-order valence-electron chi connectivity index (χ1n) is 11.6. The van der Waals surface area contributed by atoms with Crippen LogP contribution in [-0.4, -0.2) is 16.0 Å². The highest BCUT2D eigenvalue weighted by atomic mass is 19.2. The Morgan fingerprint density at radius 2 is 1.85 bits per heavy atom. The SMILES string of the molecule is CCCn1c(=O)c(C#N)cc2c1=[N+]1C(=C(c3ccccc3)c3c(C)c(CC)c(C)n3[B-]1(F)F)C=2. The van der Waals surface area contributed by atoms with Crippen LogP contribution in [0, 0.1) is 25.2 Å². The zero-order valence-electron chi connectivity index (χ0n) is 19.7. The number of allylic oxidation sites excluding steroid dienone is 1. The van der Waals surface area contributed by atoms with Gasteiger partial charge in [0.2, 0.25) is 0 Å².